The smallest absolute Gasteiger partial charge is 0.0580 e. The lowest BCUT2D eigenvalue weighted by molar-refractivity contribution is -0.0251. The molecule has 14 rings (SSSR count). The van der Waals surface area contributed by atoms with Crippen molar-refractivity contribution < 1.29 is 4.74 Å². The number of unbranched alkanes of at least 4 members (excludes halogenated alkanes) is 11. The maximum absolute atomic E-state index is 5.41. The van der Waals surface area contributed by atoms with Gasteiger partial charge in [-0.3, -0.25) is 0 Å². The quantitative estimate of drug-likeness (QED) is 0.0564. The minimum absolute atomic E-state index is 0.611. The standard InChI is InChI=1S/2C13H26.C12H24.C11H22.C9H18.C8H16O.2C8H16.3C7H14.2C6H12.C5H10/c1-3-5-6-7-13-10-8-12(4-2)9-11-13;1-2-3-4-5-7-10-13-11-8-6-9-12-13;1-2-3-4-5-6-9-12-10-7-8-11-12;1-3-5-6-11-8-7-10(4-2)9-11;1-2-6-9-7-4-3-5-8-9;1-3-7-5-8(6-7)9-4-2;1-2-8-6-4-3-5-7-8;1-2-5-8-6-3-4-7-8;1-4-7-5(2)6(7)3;1-2-7-5-3-4-6-7;1-2-4-7-5-3-6-7;1-2-6-4-3-5-6;1-2-3-6-4-5-6;1-2-5-3-4-5/h12-13H,3-11H2,1-2H3;13H,2-12H2,1H3;12H,2-11H2,1H3;10-11H,3-9H2,1-2H3;9H,2-8H2,1H3;7-8H,3-6H2,1-2H3;2*8H,2-7H2,1H3;5-7H,4H2,1-3H3;2*7H,2-6H2,1H3;2*6H,2-5H2,1H3;5H,2-4H2,1H3. The van der Waals surface area contributed by atoms with E-state index in [0.717, 1.165) is 113 Å². The summed E-state index contributed by atoms with van der Waals surface area (Å²) in [5.74, 6) is 19.6. The van der Waals surface area contributed by atoms with Crippen molar-refractivity contribution in [3.05, 3.63) is 0 Å². The van der Waals surface area contributed by atoms with E-state index in [9.17, 15) is 0 Å². The van der Waals surface area contributed by atoms with Gasteiger partial charge in [0.05, 0.1) is 6.10 Å². The van der Waals surface area contributed by atoms with Crippen LogP contribution in [0.15, 0.2) is 0 Å². The molecular weight excluding hydrogens is 1460 g/mol. The molecule has 0 bridgehead atoms. The molecule has 0 radical (unpaired) electrons. The van der Waals surface area contributed by atoms with E-state index in [4.69, 9.17) is 4.74 Å². The molecule has 4 unspecified atom stereocenters. The van der Waals surface area contributed by atoms with Gasteiger partial charge in [0.25, 0.3) is 0 Å². The Morgan fingerprint density at radius 1 is 0.165 bits per heavy atom. The van der Waals surface area contributed by atoms with E-state index in [1.54, 1.807) is 0 Å². The molecule has 4 atom stereocenters. The van der Waals surface area contributed by atoms with Crippen LogP contribution in [0.1, 0.15) is 652 Å². The van der Waals surface area contributed by atoms with Gasteiger partial charge in [0, 0.05) is 6.61 Å². The van der Waals surface area contributed by atoms with E-state index in [0.29, 0.717) is 6.10 Å². The summed E-state index contributed by atoms with van der Waals surface area (Å²) in [7, 11) is 0. The molecule has 0 spiro atoms. The van der Waals surface area contributed by atoms with Gasteiger partial charge in [-0.05, 0) is 133 Å². The summed E-state index contributed by atoms with van der Waals surface area (Å²) in [5, 5.41) is 0. The first-order valence-corrected chi connectivity index (χ1v) is 58.8. The SMILES string of the molecule is CCC1C(C)C1C.CCC1CC1.CCC1CCC1.CCC1CCCC1.CCC1CCCCC1.CCCC1CC1.CCCC1CCC1.CCCC1CCCC1.CCCC1CCCCC1.CCCCC1CCC(CC)C1.CCCCCC1CCC(CC)CC1.CCCCCCCC1CCCC1.CCCCCCCC1CCCCC1.CCOC1CC(CC)C1. The number of hydrogen-bond acceptors (Lipinski definition) is 1. The van der Waals surface area contributed by atoms with Crippen LogP contribution in [0.5, 0.6) is 0 Å². The maximum Gasteiger partial charge on any atom is 0.0580 e. The Kier molecular flexibility index (Phi) is 85.2. The molecule has 0 aromatic heterocycles. The van der Waals surface area contributed by atoms with E-state index in [2.05, 4.69) is 132 Å². The molecular formula is C120H240O. The van der Waals surface area contributed by atoms with Crippen LogP contribution in [0, 0.1) is 107 Å². The fourth-order valence-electron chi connectivity index (χ4n) is 22.7. The predicted molar refractivity (Wildman–Crippen MR) is 554 cm³/mol. The minimum atomic E-state index is 0.611. The molecule has 0 aliphatic heterocycles. The van der Waals surface area contributed by atoms with Crippen molar-refractivity contribution in [3.8, 4) is 0 Å². The number of rotatable bonds is 37. The van der Waals surface area contributed by atoms with Crippen LogP contribution in [0.2, 0.25) is 0 Å². The zero-order valence-electron chi connectivity index (χ0n) is 88.4. The third-order valence-corrected chi connectivity index (χ3v) is 33.6. The van der Waals surface area contributed by atoms with Gasteiger partial charge < -0.3 is 4.74 Å². The average Bonchev–Trinajstić information content (AvgIpc) is 1.66. The highest BCUT2D eigenvalue weighted by Crippen LogP contribution is 2.47. The van der Waals surface area contributed by atoms with E-state index in [1.807, 2.05) is 0 Å². The molecule has 0 N–H and O–H groups in total. The Morgan fingerprint density at radius 2 is 0.388 bits per heavy atom. The second kappa shape index (κ2) is 86.7. The summed E-state index contributed by atoms with van der Waals surface area (Å²) in [6, 6.07) is 0. The predicted octanol–water partition coefficient (Wildman–Crippen LogP) is 43.5. The van der Waals surface area contributed by atoms with E-state index >= 15 is 0 Å². The Balaban J connectivity index is 0.000000656. The Labute approximate surface area is 770 Å². The van der Waals surface area contributed by atoms with Gasteiger partial charge in [0.2, 0.25) is 0 Å². The van der Waals surface area contributed by atoms with Crippen LogP contribution < -0.4 is 0 Å². The first-order valence-electron chi connectivity index (χ1n) is 58.8. The van der Waals surface area contributed by atoms with Crippen LogP contribution in [0.25, 0.3) is 0 Å². The number of ether oxygens (including phenoxy) is 1. The second-order valence-corrected chi connectivity index (χ2v) is 44.1. The molecule has 0 saturated heterocycles. The van der Waals surface area contributed by atoms with Crippen molar-refractivity contribution in [2.45, 2.75) is 658 Å². The molecule has 14 aliphatic rings. The van der Waals surface area contributed by atoms with Crippen LogP contribution in [-0.4, -0.2) is 12.7 Å². The lowest BCUT2D eigenvalue weighted by Gasteiger charge is -2.34. The fourth-order valence-corrected chi connectivity index (χ4v) is 22.7. The third-order valence-electron chi connectivity index (χ3n) is 33.6. The Bertz CT molecular complexity index is 1920. The Morgan fingerprint density at radius 3 is 0.628 bits per heavy atom. The molecule has 14 aliphatic carbocycles. The van der Waals surface area contributed by atoms with E-state index < -0.39 is 0 Å². The largest absolute Gasteiger partial charge is 0.378 e. The van der Waals surface area contributed by atoms with Gasteiger partial charge in [0.15, 0.2) is 0 Å². The summed E-state index contributed by atoms with van der Waals surface area (Å²) in [6.07, 6.45) is 120. The highest BCUT2D eigenvalue weighted by molar-refractivity contribution is 4.89. The van der Waals surface area contributed by atoms with Crippen LogP contribution in [0.4, 0.5) is 0 Å². The molecule has 1 heteroatoms. The van der Waals surface area contributed by atoms with E-state index in [-0.39, 0.29) is 0 Å². The van der Waals surface area contributed by atoms with Crippen molar-refractivity contribution >= 4 is 0 Å². The minimum Gasteiger partial charge on any atom is -0.378 e. The summed E-state index contributed by atoms with van der Waals surface area (Å²) in [6.45, 7) is 44.3. The van der Waals surface area contributed by atoms with E-state index in [1.165, 1.54) is 520 Å². The summed E-state index contributed by atoms with van der Waals surface area (Å²) in [4.78, 5) is 0. The summed E-state index contributed by atoms with van der Waals surface area (Å²) < 4.78 is 5.41. The molecule has 726 valence electrons. The van der Waals surface area contributed by atoms with Gasteiger partial charge in [-0.15, -0.1) is 0 Å². The second-order valence-electron chi connectivity index (χ2n) is 44.1. The molecule has 14 fully saturated rings. The first-order chi connectivity index (χ1) is 59.2. The zero-order chi connectivity index (χ0) is 88.7. The number of hydrogen-bond donors (Lipinski definition) is 0. The highest BCUT2D eigenvalue weighted by atomic mass is 16.5. The molecule has 0 heterocycles. The maximum atomic E-state index is 5.41. The fraction of sp³-hybridized carbons (Fsp3) is 1.00. The van der Waals surface area contributed by atoms with Gasteiger partial charge in [-0.25, -0.2) is 0 Å². The first kappa shape index (κ1) is 119. The van der Waals surface area contributed by atoms with Gasteiger partial charge in [-0.2, -0.15) is 0 Å². The monoisotopic (exact) mass is 1700 g/mol. The molecule has 121 heavy (non-hydrogen) atoms. The summed E-state index contributed by atoms with van der Waals surface area (Å²) in [5.41, 5.74) is 0. The normalized spacial score (nSPS) is 25.8. The summed E-state index contributed by atoms with van der Waals surface area (Å²) >= 11 is 0. The molecule has 1 nitrogen and oxygen atoms in total. The molecule has 0 aromatic rings. The molecule has 0 amide bonds. The van der Waals surface area contributed by atoms with Crippen molar-refractivity contribution in [2.75, 3.05) is 6.61 Å². The van der Waals surface area contributed by atoms with Gasteiger partial charge in [0.1, 0.15) is 0 Å². The molecule has 14 saturated carbocycles. The van der Waals surface area contributed by atoms with Crippen LogP contribution >= 0.6 is 0 Å². The lowest BCUT2D eigenvalue weighted by atomic mass is 9.79. The third kappa shape index (κ3) is 70.4. The van der Waals surface area contributed by atoms with Gasteiger partial charge >= 0.3 is 0 Å². The van der Waals surface area contributed by atoms with Crippen LogP contribution in [-0.2, 0) is 4.74 Å². The molecule has 0 aromatic carbocycles. The topological polar surface area (TPSA) is 9.23 Å². The average molecular weight is 1700 g/mol. The van der Waals surface area contributed by atoms with Crippen molar-refractivity contribution in [2.24, 2.45) is 107 Å². The zero-order valence-corrected chi connectivity index (χ0v) is 88.4. The van der Waals surface area contributed by atoms with Crippen molar-refractivity contribution in [1.82, 2.24) is 0 Å². The highest BCUT2D eigenvalue weighted by Gasteiger charge is 2.40. The van der Waals surface area contributed by atoms with Gasteiger partial charge in [-0.1, -0.05) is 625 Å². The Hall–Kier alpha value is -0.0400. The lowest BCUT2D eigenvalue weighted by Crippen LogP contribution is -2.30. The van der Waals surface area contributed by atoms with Crippen molar-refractivity contribution in [1.29, 1.82) is 0 Å². The van der Waals surface area contributed by atoms with Crippen molar-refractivity contribution in [3.63, 3.8) is 0 Å². The van der Waals surface area contributed by atoms with Crippen LogP contribution in [0.3, 0.4) is 0 Å².